The van der Waals surface area contributed by atoms with Crippen LogP contribution in [0.15, 0.2) is 55.3 Å². The van der Waals surface area contributed by atoms with Crippen molar-refractivity contribution in [3.63, 3.8) is 0 Å². The van der Waals surface area contributed by atoms with Crippen LogP contribution < -0.4 is 4.74 Å². The second-order valence-corrected chi connectivity index (χ2v) is 9.60. The fourth-order valence-electron chi connectivity index (χ4n) is 6.15. The third kappa shape index (κ3) is 3.67. The number of hydrogen-bond donors (Lipinski definition) is 1. The molecular formula is C27H28F3N2O2+. The number of pyridine rings is 1. The second-order valence-electron chi connectivity index (χ2n) is 9.60. The van der Waals surface area contributed by atoms with Crippen LogP contribution >= 0.6 is 0 Å². The first-order valence-electron chi connectivity index (χ1n) is 11.6. The fourth-order valence-corrected chi connectivity index (χ4v) is 6.15. The molecule has 7 heteroatoms. The van der Waals surface area contributed by atoms with Gasteiger partial charge in [-0.25, -0.2) is 13.2 Å². The highest BCUT2D eigenvalue weighted by Gasteiger charge is 2.54. The lowest BCUT2D eigenvalue weighted by Crippen LogP contribution is -2.67. The molecule has 178 valence electrons. The van der Waals surface area contributed by atoms with Gasteiger partial charge in [0.2, 0.25) is 0 Å². The zero-order valence-electron chi connectivity index (χ0n) is 19.1. The Balaban J connectivity index is 1.58. The summed E-state index contributed by atoms with van der Waals surface area (Å²) in [5.74, 6) is -2.54. The molecule has 0 aliphatic carbocycles. The second kappa shape index (κ2) is 8.71. The van der Waals surface area contributed by atoms with E-state index in [0.717, 1.165) is 41.9 Å². The molecule has 5 atom stereocenters. The van der Waals surface area contributed by atoms with Gasteiger partial charge in [-0.15, -0.1) is 6.58 Å². The van der Waals surface area contributed by atoms with E-state index in [9.17, 15) is 18.3 Å². The van der Waals surface area contributed by atoms with Crippen molar-refractivity contribution < 1.29 is 27.5 Å². The lowest BCUT2D eigenvalue weighted by atomic mass is 9.71. The Morgan fingerprint density at radius 1 is 1.21 bits per heavy atom. The van der Waals surface area contributed by atoms with E-state index >= 15 is 0 Å². The number of benzene rings is 2. The third-order valence-corrected chi connectivity index (χ3v) is 7.94. The highest BCUT2D eigenvalue weighted by molar-refractivity contribution is 5.83. The third-order valence-electron chi connectivity index (χ3n) is 7.94. The maximum Gasteiger partial charge on any atom is 0.194 e. The highest BCUT2D eigenvalue weighted by Crippen LogP contribution is 2.48. The fraction of sp³-hybridized carbons (Fsp3) is 0.370. The summed E-state index contributed by atoms with van der Waals surface area (Å²) in [5.41, 5.74) is 1.61. The number of aromatic nitrogens is 1. The van der Waals surface area contributed by atoms with Crippen LogP contribution in [0.3, 0.4) is 0 Å². The number of aliphatic hydroxyl groups excluding tert-OH is 1. The van der Waals surface area contributed by atoms with Crippen LogP contribution in [0.1, 0.15) is 30.1 Å². The minimum atomic E-state index is -1.45. The number of quaternary nitrogens is 1. The Kier molecular flexibility index (Phi) is 5.86. The molecule has 0 amide bonds. The molecule has 0 spiro atoms. The smallest absolute Gasteiger partial charge is 0.194 e. The van der Waals surface area contributed by atoms with E-state index in [1.54, 1.807) is 13.3 Å². The molecule has 34 heavy (non-hydrogen) atoms. The number of halogens is 3. The van der Waals surface area contributed by atoms with Crippen molar-refractivity contribution >= 4 is 10.9 Å². The van der Waals surface area contributed by atoms with Gasteiger partial charge in [-0.1, -0.05) is 6.08 Å². The SMILES string of the molecule is C=C[C@H]1C[N@+]2(Cc3ccc(F)c(F)c3F)CC[C@H]1C[C@@H]2[C@H](O)c1ccnc2ccc(OC)cc12. The molecule has 4 nitrogen and oxygen atoms in total. The van der Waals surface area contributed by atoms with Gasteiger partial charge in [-0.3, -0.25) is 4.98 Å². The van der Waals surface area contributed by atoms with Crippen molar-refractivity contribution in [2.45, 2.75) is 31.5 Å². The lowest BCUT2D eigenvalue weighted by molar-refractivity contribution is -0.985. The van der Waals surface area contributed by atoms with Crippen molar-refractivity contribution in [2.24, 2.45) is 11.8 Å². The van der Waals surface area contributed by atoms with Crippen LogP contribution in [0.25, 0.3) is 10.9 Å². The average molecular weight is 470 g/mol. The minimum absolute atomic E-state index is 0.125. The van der Waals surface area contributed by atoms with Crippen LogP contribution in [-0.4, -0.2) is 40.8 Å². The van der Waals surface area contributed by atoms with Crippen molar-refractivity contribution in [3.05, 3.63) is 83.8 Å². The molecule has 2 aromatic carbocycles. The standard InChI is InChI=1S/C27H28F3N2O2/c1-3-16-14-32(15-18-4-6-22(28)26(30)25(18)29)11-9-17(16)12-24(32)27(33)20-8-10-31-23-7-5-19(34-2)13-21(20)23/h3-8,10,13,16-17,24,27,33H,1,9,11-12,14-15H2,2H3/q+1/t16-,17-,24+,27+,32-/m0/s1. The first kappa shape index (κ1) is 22.9. The van der Waals surface area contributed by atoms with Gasteiger partial charge in [0.15, 0.2) is 17.5 Å². The van der Waals surface area contributed by atoms with Crippen molar-refractivity contribution in [1.29, 1.82) is 0 Å². The molecule has 3 saturated heterocycles. The average Bonchev–Trinajstić information content (AvgIpc) is 2.88. The largest absolute Gasteiger partial charge is 0.497 e. The highest BCUT2D eigenvalue weighted by atomic mass is 19.2. The number of piperidine rings is 3. The summed E-state index contributed by atoms with van der Waals surface area (Å²) in [6.07, 6.45) is 4.41. The summed E-state index contributed by atoms with van der Waals surface area (Å²) in [7, 11) is 1.59. The number of fused-ring (bicyclic) bond motifs is 4. The van der Waals surface area contributed by atoms with Gasteiger partial charge in [0.25, 0.3) is 0 Å². The Hall–Kier alpha value is -2.90. The van der Waals surface area contributed by atoms with E-state index in [-0.39, 0.29) is 24.1 Å². The van der Waals surface area contributed by atoms with Gasteiger partial charge in [0, 0.05) is 35.9 Å². The molecule has 0 unspecified atom stereocenters. The maximum atomic E-state index is 14.7. The van der Waals surface area contributed by atoms with E-state index in [0.29, 0.717) is 22.7 Å². The van der Waals surface area contributed by atoms with Crippen LogP contribution in [-0.2, 0) is 6.54 Å². The zero-order valence-corrected chi connectivity index (χ0v) is 19.1. The molecule has 6 rings (SSSR count). The Bertz CT molecular complexity index is 1250. The summed E-state index contributed by atoms with van der Waals surface area (Å²) in [5, 5.41) is 12.6. The topological polar surface area (TPSA) is 42.4 Å². The van der Waals surface area contributed by atoms with Gasteiger partial charge in [0.05, 0.1) is 25.7 Å². The van der Waals surface area contributed by atoms with E-state index in [4.69, 9.17) is 4.74 Å². The first-order chi connectivity index (χ1) is 16.4. The molecule has 3 aliphatic heterocycles. The normalized spacial score (nSPS) is 27.0. The summed E-state index contributed by atoms with van der Waals surface area (Å²) in [6.45, 7) is 5.56. The molecule has 3 aliphatic rings. The number of aliphatic hydroxyl groups is 1. The predicted octanol–water partition coefficient (Wildman–Crippen LogP) is 5.31. The lowest BCUT2D eigenvalue weighted by Gasteiger charge is -2.58. The summed E-state index contributed by atoms with van der Waals surface area (Å²) in [4.78, 5) is 4.42. The summed E-state index contributed by atoms with van der Waals surface area (Å²) < 4.78 is 48.1. The Morgan fingerprint density at radius 3 is 2.79 bits per heavy atom. The molecule has 0 saturated carbocycles. The van der Waals surface area contributed by atoms with E-state index in [1.807, 2.05) is 30.3 Å². The molecule has 4 heterocycles. The monoisotopic (exact) mass is 469 g/mol. The number of rotatable bonds is 6. The summed E-state index contributed by atoms with van der Waals surface area (Å²) >= 11 is 0. The number of hydrogen-bond acceptors (Lipinski definition) is 3. The van der Waals surface area contributed by atoms with Gasteiger partial charge < -0.3 is 14.3 Å². The molecule has 3 aromatic rings. The molecule has 2 bridgehead atoms. The summed E-state index contributed by atoms with van der Waals surface area (Å²) in [6, 6.07) is 9.42. The Labute approximate surface area is 196 Å². The van der Waals surface area contributed by atoms with Gasteiger partial charge >= 0.3 is 0 Å². The van der Waals surface area contributed by atoms with Crippen LogP contribution in [0.4, 0.5) is 13.2 Å². The molecule has 0 radical (unpaired) electrons. The number of methoxy groups -OCH3 is 1. The zero-order chi connectivity index (χ0) is 24.0. The quantitative estimate of drug-likeness (QED) is 0.302. The van der Waals surface area contributed by atoms with E-state index < -0.39 is 23.6 Å². The van der Waals surface area contributed by atoms with Crippen molar-refractivity contribution in [2.75, 3.05) is 20.2 Å². The van der Waals surface area contributed by atoms with Crippen LogP contribution in [0.5, 0.6) is 5.75 Å². The van der Waals surface area contributed by atoms with Gasteiger partial charge in [-0.05, 0) is 47.9 Å². The molecule has 3 fully saturated rings. The number of nitrogens with zero attached hydrogens (tertiary/aromatic N) is 2. The van der Waals surface area contributed by atoms with Gasteiger partial charge in [0.1, 0.15) is 24.4 Å². The van der Waals surface area contributed by atoms with Crippen molar-refractivity contribution in [3.8, 4) is 5.75 Å². The van der Waals surface area contributed by atoms with E-state index in [2.05, 4.69) is 11.6 Å². The molecular weight excluding hydrogens is 441 g/mol. The Morgan fingerprint density at radius 2 is 2.03 bits per heavy atom. The maximum absolute atomic E-state index is 14.7. The molecule has 1 N–H and O–H groups in total. The minimum Gasteiger partial charge on any atom is -0.497 e. The van der Waals surface area contributed by atoms with Crippen LogP contribution in [0, 0.1) is 29.3 Å². The number of ether oxygens (including phenoxy) is 1. The first-order valence-corrected chi connectivity index (χ1v) is 11.6. The van der Waals surface area contributed by atoms with E-state index in [1.165, 1.54) is 6.07 Å². The predicted molar refractivity (Wildman–Crippen MR) is 123 cm³/mol. The van der Waals surface area contributed by atoms with Crippen LogP contribution in [0.2, 0.25) is 0 Å². The van der Waals surface area contributed by atoms with Crippen molar-refractivity contribution in [1.82, 2.24) is 4.98 Å². The molecule has 1 aromatic heterocycles. The van der Waals surface area contributed by atoms with Gasteiger partial charge in [-0.2, -0.15) is 0 Å².